The molecule has 1 heterocycles. The van der Waals surface area contributed by atoms with Gasteiger partial charge in [-0.05, 0) is 6.42 Å². The minimum atomic E-state index is -1.07. The number of nitrogens with one attached hydrogen (secondary N) is 1. The molecule has 1 rings (SSSR count). The van der Waals surface area contributed by atoms with Crippen LogP contribution in [0.3, 0.4) is 0 Å². The zero-order chi connectivity index (χ0) is 21.8. The number of thiol groups is 1. The summed E-state index contributed by atoms with van der Waals surface area (Å²) < 4.78 is 0. The van der Waals surface area contributed by atoms with Gasteiger partial charge in [0.25, 0.3) is 0 Å². The molecule has 1 aliphatic rings. The molecule has 0 bridgehead atoms. The van der Waals surface area contributed by atoms with Gasteiger partial charge in [-0.2, -0.15) is 12.6 Å². The van der Waals surface area contributed by atoms with Crippen molar-refractivity contribution < 1.29 is 34.5 Å². The van der Waals surface area contributed by atoms with Gasteiger partial charge in [0.1, 0.15) is 6.04 Å². The van der Waals surface area contributed by atoms with Gasteiger partial charge in [-0.15, -0.1) is 0 Å². The van der Waals surface area contributed by atoms with Gasteiger partial charge in [0.15, 0.2) is 0 Å². The van der Waals surface area contributed by atoms with Crippen LogP contribution in [0.2, 0.25) is 0 Å². The number of rotatable bonds is 11. The van der Waals surface area contributed by atoms with E-state index in [0.717, 1.165) is 0 Å². The lowest BCUT2D eigenvalue weighted by molar-refractivity contribution is -0.144. The lowest BCUT2D eigenvalue weighted by atomic mass is 10.1. The first-order chi connectivity index (χ1) is 13.7. The number of hydrogen-bond acceptors (Lipinski definition) is 8. The Kier molecular flexibility index (Phi) is 11.6. The van der Waals surface area contributed by atoms with Gasteiger partial charge in [0.2, 0.25) is 5.91 Å². The first kappa shape index (κ1) is 25.1. The second kappa shape index (κ2) is 13.4. The van der Waals surface area contributed by atoms with Gasteiger partial charge in [0.05, 0.1) is 13.1 Å². The average Bonchev–Trinajstić information content (AvgIpc) is 2.71. The van der Waals surface area contributed by atoms with E-state index in [2.05, 4.69) is 17.9 Å². The van der Waals surface area contributed by atoms with Crippen LogP contribution in [-0.2, 0) is 19.2 Å². The molecule has 1 atom stereocenters. The highest BCUT2D eigenvalue weighted by Gasteiger charge is 2.28. The van der Waals surface area contributed by atoms with Crippen molar-refractivity contribution in [3.05, 3.63) is 0 Å². The quantitative estimate of drug-likeness (QED) is 0.239. The standard InChI is InChI=1S/C17H30N4O7S/c22-14(18-3-10-29)2-1-13(17(27)28)21-8-6-19(11-15(23)24)4-5-20(7-9-21)12-16(25)26/h13,29H,1-12H2,(H,18,22)(H,23,24)(H,25,26)(H,27,28). The van der Waals surface area contributed by atoms with Crippen molar-refractivity contribution in [2.24, 2.45) is 0 Å². The summed E-state index contributed by atoms with van der Waals surface area (Å²) in [7, 11) is 0. The van der Waals surface area contributed by atoms with Gasteiger partial charge in [-0.25, -0.2) is 0 Å². The number of hydrogen-bond donors (Lipinski definition) is 5. The number of carbonyl (C=O) groups is 4. The van der Waals surface area contributed by atoms with E-state index in [4.69, 9.17) is 10.2 Å². The van der Waals surface area contributed by atoms with Crippen LogP contribution in [0.15, 0.2) is 0 Å². The third-order valence-corrected chi connectivity index (χ3v) is 4.89. The van der Waals surface area contributed by atoms with E-state index in [1.807, 2.05) is 0 Å². The molecule has 29 heavy (non-hydrogen) atoms. The first-order valence-electron chi connectivity index (χ1n) is 9.45. The summed E-state index contributed by atoms with van der Waals surface area (Å²) in [4.78, 5) is 50.8. The molecule has 0 saturated carbocycles. The number of carboxylic acids is 3. The lowest BCUT2D eigenvalue weighted by Crippen LogP contribution is -2.47. The number of nitrogens with zero attached hydrogens (tertiary/aromatic N) is 3. The van der Waals surface area contributed by atoms with Crippen molar-refractivity contribution in [2.45, 2.75) is 18.9 Å². The largest absolute Gasteiger partial charge is 0.480 e. The second-order valence-corrected chi connectivity index (χ2v) is 7.29. The Morgan fingerprint density at radius 3 is 1.76 bits per heavy atom. The van der Waals surface area contributed by atoms with Crippen molar-refractivity contribution in [1.29, 1.82) is 0 Å². The Bertz CT molecular complexity index is 550. The molecule has 11 nitrogen and oxygen atoms in total. The van der Waals surface area contributed by atoms with E-state index in [1.54, 1.807) is 14.7 Å². The van der Waals surface area contributed by atoms with E-state index in [9.17, 15) is 24.3 Å². The molecule has 0 aromatic heterocycles. The Balaban J connectivity index is 2.85. The van der Waals surface area contributed by atoms with E-state index in [0.29, 0.717) is 51.6 Å². The smallest absolute Gasteiger partial charge is 0.320 e. The number of aliphatic carboxylic acids is 3. The predicted molar refractivity (Wildman–Crippen MR) is 107 cm³/mol. The second-order valence-electron chi connectivity index (χ2n) is 6.84. The van der Waals surface area contributed by atoms with Gasteiger partial charge in [-0.1, -0.05) is 0 Å². The Morgan fingerprint density at radius 1 is 0.862 bits per heavy atom. The maximum absolute atomic E-state index is 11.8. The summed E-state index contributed by atoms with van der Waals surface area (Å²) in [5.74, 6) is -2.85. The van der Waals surface area contributed by atoms with Crippen LogP contribution >= 0.6 is 12.6 Å². The van der Waals surface area contributed by atoms with E-state index >= 15 is 0 Å². The highest BCUT2D eigenvalue weighted by Crippen LogP contribution is 2.11. The van der Waals surface area contributed by atoms with Gasteiger partial charge < -0.3 is 20.6 Å². The summed E-state index contributed by atoms with van der Waals surface area (Å²) >= 11 is 4.01. The SMILES string of the molecule is O=C(O)CN1CCN(CC(=O)O)CCN(C(CCC(=O)NCCS)C(=O)O)CC1. The zero-order valence-electron chi connectivity index (χ0n) is 16.3. The first-order valence-corrected chi connectivity index (χ1v) is 10.1. The third kappa shape index (κ3) is 10.5. The molecular formula is C17H30N4O7S. The number of carboxylic acid groups (broad SMARTS) is 3. The third-order valence-electron chi connectivity index (χ3n) is 4.66. The summed E-state index contributed by atoms with van der Waals surface area (Å²) in [6, 6.07) is -0.923. The summed E-state index contributed by atoms with van der Waals surface area (Å²) in [6.45, 7) is 2.02. The Morgan fingerprint density at radius 2 is 1.34 bits per heavy atom. The van der Waals surface area contributed by atoms with Crippen LogP contribution in [0, 0.1) is 0 Å². The van der Waals surface area contributed by atoms with Crippen LogP contribution in [0.1, 0.15) is 12.8 Å². The van der Waals surface area contributed by atoms with E-state index < -0.39 is 23.9 Å². The molecule has 1 saturated heterocycles. The van der Waals surface area contributed by atoms with Crippen molar-refractivity contribution in [2.75, 3.05) is 64.7 Å². The van der Waals surface area contributed by atoms with Crippen molar-refractivity contribution in [1.82, 2.24) is 20.0 Å². The molecule has 0 radical (unpaired) electrons. The molecule has 4 N–H and O–H groups in total. The van der Waals surface area contributed by atoms with E-state index in [1.165, 1.54) is 0 Å². The minimum absolute atomic E-state index is 0.0406. The van der Waals surface area contributed by atoms with Crippen molar-refractivity contribution >= 4 is 36.4 Å². The highest BCUT2D eigenvalue weighted by atomic mass is 32.1. The van der Waals surface area contributed by atoms with Crippen molar-refractivity contribution in [3.8, 4) is 0 Å². The van der Waals surface area contributed by atoms with Crippen LogP contribution in [0.4, 0.5) is 0 Å². The Hall–Kier alpha value is -1.89. The molecule has 12 heteroatoms. The molecule has 1 amide bonds. The molecule has 1 unspecified atom stereocenters. The minimum Gasteiger partial charge on any atom is -0.480 e. The van der Waals surface area contributed by atoms with Gasteiger partial charge in [0, 0.05) is 58.0 Å². The van der Waals surface area contributed by atoms with Crippen LogP contribution < -0.4 is 5.32 Å². The molecule has 0 aliphatic carbocycles. The van der Waals surface area contributed by atoms with E-state index in [-0.39, 0.29) is 31.8 Å². The van der Waals surface area contributed by atoms with Crippen LogP contribution in [0.5, 0.6) is 0 Å². The molecule has 1 fully saturated rings. The summed E-state index contributed by atoms with van der Waals surface area (Å²) in [6.07, 6.45) is 0.143. The van der Waals surface area contributed by atoms with Crippen molar-refractivity contribution in [3.63, 3.8) is 0 Å². The molecule has 1 aliphatic heterocycles. The number of carbonyl (C=O) groups excluding carboxylic acids is 1. The van der Waals surface area contributed by atoms with Gasteiger partial charge in [-0.3, -0.25) is 33.9 Å². The molecule has 166 valence electrons. The summed E-state index contributed by atoms with van der Waals surface area (Å²) in [5, 5.41) is 30.5. The molecule has 0 aromatic carbocycles. The topological polar surface area (TPSA) is 151 Å². The molecule has 0 spiro atoms. The van der Waals surface area contributed by atoms with Crippen LogP contribution in [-0.4, -0.2) is 125 Å². The molecular weight excluding hydrogens is 404 g/mol. The lowest BCUT2D eigenvalue weighted by Gasteiger charge is -2.30. The maximum atomic E-state index is 11.8. The normalized spacial score (nSPS) is 18.2. The monoisotopic (exact) mass is 434 g/mol. The fourth-order valence-corrected chi connectivity index (χ4v) is 3.29. The fraction of sp³-hybridized carbons (Fsp3) is 0.765. The zero-order valence-corrected chi connectivity index (χ0v) is 17.2. The highest BCUT2D eigenvalue weighted by molar-refractivity contribution is 7.80. The predicted octanol–water partition coefficient (Wildman–Crippen LogP) is -1.65. The summed E-state index contributed by atoms with van der Waals surface area (Å²) in [5.41, 5.74) is 0. The Labute approximate surface area is 175 Å². The van der Waals surface area contributed by atoms with Gasteiger partial charge >= 0.3 is 17.9 Å². The number of amides is 1. The van der Waals surface area contributed by atoms with Crippen LogP contribution in [0.25, 0.3) is 0 Å². The average molecular weight is 435 g/mol. The fourth-order valence-electron chi connectivity index (χ4n) is 3.18. The molecule has 0 aromatic rings. The maximum Gasteiger partial charge on any atom is 0.320 e.